The number of benzene rings is 2. The maximum absolute atomic E-state index is 6.32. The van der Waals surface area contributed by atoms with Gasteiger partial charge in [0.15, 0.2) is 4.80 Å². The second-order valence-electron chi connectivity index (χ2n) is 5.47. The number of hydrogen-bond acceptors (Lipinski definition) is 2. The van der Waals surface area contributed by atoms with E-state index in [0.717, 1.165) is 21.7 Å². The standard InChI is InChI=1S/C18H16Cl2N2S/c1-11-4-6-14(8-12(11)2)21-18-22(3)17(10-23-18)15-7-5-13(19)9-16(15)20/h4-10H,1-3H3. The lowest BCUT2D eigenvalue weighted by Gasteiger charge is -2.06. The smallest absolute Gasteiger partial charge is 0.190 e. The number of hydrogen-bond donors (Lipinski definition) is 0. The minimum atomic E-state index is 0.636. The molecule has 5 heteroatoms. The van der Waals surface area contributed by atoms with Crippen molar-refractivity contribution in [2.24, 2.45) is 12.0 Å². The molecular weight excluding hydrogens is 347 g/mol. The monoisotopic (exact) mass is 362 g/mol. The van der Waals surface area contributed by atoms with Gasteiger partial charge in [-0.3, -0.25) is 0 Å². The van der Waals surface area contributed by atoms with E-state index in [1.807, 2.05) is 25.2 Å². The SMILES string of the molecule is Cc1ccc(N=c2scc(-c3ccc(Cl)cc3Cl)n2C)cc1C. The van der Waals surface area contributed by atoms with Gasteiger partial charge in [0, 0.05) is 23.0 Å². The molecular formula is C18H16Cl2N2S. The van der Waals surface area contributed by atoms with Crippen molar-refractivity contribution in [1.29, 1.82) is 0 Å². The first-order valence-electron chi connectivity index (χ1n) is 7.17. The summed E-state index contributed by atoms with van der Waals surface area (Å²) in [6.45, 7) is 4.20. The molecule has 0 aliphatic carbocycles. The summed E-state index contributed by atoms with van der Waals surface area (Å²) in [6, 6.07) is 11.8. The van der Waals surface area contributed by atoms with E-state index in [0.29, 0.717) is 10.0 Å². The van der Waals surface area contributed by atoms with Gasteiger partial charge in [0.05, 0.1) is 16.4 Å². The van der Waals surface area contributed by atoms with E-state index < -0.39 is 0 Å². The molecule has 3 aromatic rings. The van der Waals surface area contributed by atoms with Gasteiger partial charge in [0.2, 0.25) is 0 Å². The third-order valence-corrected chi connectivity index (χ3v) is 5.31. The van der Waals surface area contributed by atoms with Crippen LogP contribution in [0.25, 0.3) is 11.3 Å². The molecule has 0 fully saturated rings. The van der Waals surface area contributed by atoms with Gasteiger partial charge < -0.3 is 4.57 Å². The molecule has 0 spiro atoms. The Bertz CT molecular complexity index is 938. The van der Waals surface area contributed by atoms with Crippen molar-refractivity contribution < 1.29 is 0 Å². The molecule has 0 radical (unpaired) electrons. The molecule has 118 valence electrons. The van der Waals surface area contributed by atoms with Crippen LogP contribution in [-0.4, -0.2) is 4.57 Å². The molecule has 2 aromatic carbocycles. The molecule has 0 saturated heterocycles. The van der Waals surface area contributed by atoms with Crippen LogP contribution < -0.4 is 4.80 Å². The van der Waals surface area contributed by atoms with Gasteiger partial charge in [0.1, 0.15) is 0 Å². The highest BCUT2D eigenvalue weighted by Gasteiger charge is 2.09. The third kappa shape index (κ3) is 3.37. The Balaban J connectivity index is 2.08. The molecule has 0 bridgehead atoms. The molecule has 23 heavy (non-hydrogen) atoms. The zero-order valence-electron chi connectivity index (χ0n) is 13.1. The van der Waals surface area contributed by atoms with Crippen molar-refractivity contribution >= 4 is 40.2 Å². The molecule has 1 heterocycles. The Labute approximate surface area is 149 Å². The second-order valence-corrected chi connectivity index (χ2v) is 7.15. The van der Waals surface area contributed by atoms with Crippen molar-refractivity contribution in [3.05, 3.63) is 67.8 Å². The van der Waals surface area contributed by atoms with Crippen LogP contribution in [-0.2, 0) is 7.05 Å². The van der Waals surface area contributed by atoms with Crippen molar-refractivity contribution in [3.63, 3.8) is 0 Å². The summed E-state index contributed by atoms with van der Waals surface area (Å²) in [4.78, 5) is 5.67. The van der Waals surface area contributed by atoms with Gasteiger partial charge in [-0.05, 0) is 55.3 Å². The fourth-order valence-electron chi connectivity index (χ4n) is 2.32. The molecule has 0 N–H and O–H groups in total. The zero-order valence-corrected chi connectivity index (χ0v) is 15.4. The van der Waals surface area contributed by atoms with Crippen molar-refractivity contribution in [2.75, 3.05) is 0 Å². The highest BCUT2D eigenvalue weighted by molar-refractivity contribution is 7.07. The predicted octanol–water partition coefficient (Wildman–Crippen LogP) is 5.91. The number of thiazole rings is 1. The third-order valence-electron chi connectivity index (χ3n) is 3.85. The maximum atomic E-state index is 6.32. The lowest BCUT2D eigenvalue weighted by Crippen LogP contribution is -2.11. The number of halogens is 2. The average molecular weight is 363 g/mol. The van der Waals surface area contributed by atoms with Crippen LogP contribution in [0.5, 0.6) is 0 Å². The van der Waals surface area contributed by atoms with Gasteiger partial charge in [-0.2, -0.15) is 0 Å². The van der Waals surface area contributed by atoms with E-state index in [-0.39, 0.29) is 0 Å². The van der Waals surface area contributed by atoms with E-state index in [4.69, 9.17) is 28.2 Å². The van der Waals surface area contributed by atoms with Gasteiger partial charge in [-0.1, -0.05) is 29.3 Å². The summed E-state index contributed by atoms with van der Waals surface area (Å²) in [5.41, 5.74) is 5.45. The molecule has 0 aliphatic heterocycles. The average Bonchev–Trinajstić information content (AvgIpc) is 2.84. The van der Waals surface area contributed by atoms with E-state index in [1.165, 1.54) is 11.1 Å². The Kier molecular flexibility index (Phi) is 4.62. The van der Waals surface area contributed by atoms with Crippen LogP contribution in [0.3, 0.4) is 0 Å². The Morgan fingerprint density at radius 2 is 1.78 bits per heavy atom. The van der Waals surface area contributed by atoms with E-state index in [9.17, 15) is 0 Å². The van der Waals surface area contributed by atoms with E-state index >= 15 is 0 Å². The summed E-state index contributed by atoms with van der Waals surface area (Å²) >= 11 is 13.9. The van der Waals surface area contributed by atoms with Crippen molar-refractivity contribution in [1.82, 2.24) is 4.57 Å². The summed E-state index contributed by atoms with van der Waals surface area (Å²) in [5.74, 6) is 0. The quantitative estimate of drug-likeness (QED) is 0.539. The first-order chi connectivity index (χ1) is 11.0. The van der Waals surface area contributed by atoms with Crippen LogP contribution in [0, 0.1) is 13.8 Å². The normalized spacial score (nSPS) is 12.0. The lowest BCUT2D eigenvalue weighted by atomic mass is 10.1. The van der Waals surface area contributed by atoms with Gasteiger partial charge in [-0.25, -0.2) is 4.99 Å². The van der Waals surface area contributed by atoms with Gasteiger partial charge in [0.25, 0.3) is 0 Å². The molecule has 0 atom stereocenters. The highest BCUT2D eigenvalue weighted by atomic mass is 35.5. The maximum Gasteiger partial charge on any atom is 0.190 e. The zero-order chi connectivity index (χ0) is 16.6. The van der Waals surface area contributed by atoms with Crippen LogP contribution >= 0.6 is 34.5 Å². The predicted molar refractivity (Wildman–Crippen MR) is 99.9 cm³/mol. The first-order valence-corrected chi connectivity index (χ1v) is 8.81. The number of rotatable bonds is 2. The molecule has 2 nitrogen and oxygen atoms in total. The van der Waals surface area contributed by atoms with Crippen LogP contribution in [0.2, 0.25) is 10.0 Å². The molecule has 0 amide bonds. The van der Waals surface area contributed by atoms with Gasteiger partial charge >= 0.3 is 0 Å². The molecule has 0 aliphatic rings. The largest absolute Gasteiger partial charge is 0.319 e. The Morgan fingerprint density at radius 1 is 1.00 bits per heavy atom. The molecule has 0 unspecified atom stereocenters. The van der Waals surface area contributed by atoms with E-state index in [2.05, 4.69) is 35.9 Å². The summed E-state index contributed by atoms with van der Waals surface area (Å²) in [5, 5.41) is 3.34. The minimum absolute atomic E-state index is 0.636. The van der Waals surface area contributed by atoms with Crippen LogP contribution in [0.15, 0.2) is 46.8 Å². The number of aromatic nitrogens is 1. The first kappa shape index (κ1) is 16.3. The lowest BCUT2D eigenvalue weighted by molar-refractivity contribution is 0.883. The van der Waals surface area contributed by atoms with Crippen LogP contribution in [0.4, 0.5) is 5.69 Å². The molecule has 3 rings (SSSR count). The Morgan fingerprint density at radius 3 is 2.48 bits per heavy atom. The Hall–Kier alpha value is -1.55. The highest BCUT2D eigenvalue weighted by Crippen LogP contribution is 2.30. The van der Waals surface area contributed by atoms with E-state index in [1.54, 1.807) is 17.4 Å². The summed E-state index contributed by atoms with van der Waals surface area (Å²) in [7, 11) is 2.00. The number of aryl methyl sites for hydroxylation is 2. The minimum Gasteiger partial charge on any atom is -0.319 e. The fourth-order valence-corrected chi connectivity index (χ4v) is 3.74. The number of nitrogens with zero attached hydrogens (tertiary/aromatic N) is 2. The van der Waals surface area contributed by atoms with Crippen molar-refractivity contribution in [2.45, 2.75) is 13.8 Å². The topological polar surface area (TPSA) is 17.3 Å². The molecule has 1 aromatic heterocycles. The summed E-state index contributed by atoms with van der Waals surface area (Å²) < 4.78 is 2.05. The van der Waals surface area contributed by atoms with Crippen molar-refractivity contribution in [3.8, 4) is 11.3 Å². The molecule has 0 saturated carbocycles. The fraction of sp³-hybridized carbons (Fsp3) is 0.167. The summed E-state index contributed by atoms with van der Waals surface area (Å²) in [6.07, 6.45) is 0. The van der Waals surface area contributed by atoms with Crippen LogP contribution in [0.1, 0.15) is 11.1 Å². The second kappa shape index (κ2) is 6.52. The van der Waals surface area contributed by atoms with Gasteiger partial charge in [-0.15, -0.1) is 11.3 Å².